The number of pyridine rings is 1. The molecule has 2 aromatic rings. The van der Waals surface area contributed by atoms with Crippen molar-refractivity contribution >= 4 is 44.9 Å². The molecule has 0 aliphatic heterocycles. The van der Waals surface area contributed by atoms with E-state index in [4.69, 9.17) is 5.73 Å². The monoisotopic (exact) mass is 307 g/mol. The summed E-state index contributed by atoms with van der Waals surface area (Å²) in [5.74, 6) is -0.0588. The lowest BCUT2D eigenvalue weighted by atomic mass is 10.2. The van der Waals surface area contributed by atoms with Crippen LogP contribution >= 0.6 is 23.1 Å². The van der Waals surface area contributed by atoms with Crippen molar-refractivity contribution in [2.75, 3.05) is 12.0 Å². The molecule has 2 aromatic heterocycles. The zero-order valence-corrected chi connectivity index (χ0v) is 12.9. The molecule has 0 aromatic carbocycles. The van der Waals surface area contributed by atoms with Crippen LogP contribution in [0, 0.1) is 0 Å². The Kier molecular flexibility index (Phi) is 3.85. The van der Waals surface area contributed by atoms with Crippen LogP contribution < -0.4 is 11.1 Å². The zero-order chi connectivity index (χ0) is 14.1. The van der Waals surface area contributed by atoms with E-state index < -0.39 is 0 Å². The first-order chi connectivity index (χ1) is 9.70. The summed E-state index contributed by atoms with van der Waals surface area (Å²) in [6.45, 7) is 0. The summed E-state index contributed by atoms with van der Waals surface area (Å²) in [6, 6.07) is 4.01. The van der Waals surface area contributed by atoms with Crippen molar-refractivity contribution in [1.29, 1.82) is 0 Å². The SMILES string of the molecule is CSC1CCCC1NC(=O)c1sc2ncccc2c1N. The van der Waals surface area contributed by atoms with Crippen LogP contribution in [0.15, 0.2) is 18.3 Å². The van der Waals surface area contributed by atoms with Gasteiger partial charge >= 0.3 is 0 Å². The largest absolute Gasteiger partial charge is 0.397 e. The first-order valence-corrected chi connectivity index (χ1v) is 8.78. The van der Waals surface area contributed by atoms with Gasteiger partial charge in [0.1, 0.15) is 9.71 Å². The summed E-state index contributed by atoms with van der Waals surface area (Å²) in [7, 11) is 0. The third kappa shape index (κ3) is 2.38. The zero-order valence-electron chi connectivity index (χ0n) is 11.3. The molecule has 3 N–H and O–H groups in total. The molecule has 1 aliphatic carbocycles. The summed E-state index contributed by atoms with van der Waals surface area (Å²) < 4.78 is 0. The number of aromatic nitrogens is 1. The molecule has 1 saturated carbocycles. The van der Waals surface area contributed by atoms with Gasteiger partial charge in [-0.05, 0) is 31.2 Å². The number of rotatable bonds is 3. The molecule has 6 heteroatoms. The smallest absolute Gasteiger partial charge is 0.263 e. The number of carbonyl (C=O) groups excluding carboxylic acids is 1. The third-order valence-corrected chi connectivity index (χ3v) is 6.08. The van der Waals surface area contributed by atoms with Crippen molar-refractivity contribution in [2.45, 2.75) is 30.6 Å². The summed E-state index contributed by atoms with van der Waals surface area (Å²) in [4.78, 5) is 18.1. The summed E-state index contributed by atoms with van der Waals surface area (Å²) in [5.41, 5.74) is 6.64. The fraction of sp³-hybridized carbons (Fsp3) is 0.429. The van der Waals surface area contributed by atoms with Gasteiger partial charge in [-0.2, -0.15) is 11.8 Å². The number of anilines is 1. The average molecular weight is 307 g/mol. The van der Waals surface area contributed by atoms with Crippen molar-refractivity contribution in [3.05, 3.63) is 23.2 Å². The number of thioether (sulfide) groups is 1. The van der Waals surface area contributed by atoms with Gasteiger partial charge in [0.25, 0.3) is 5.91 Å². The molecule has 4 nitrogen and oxygen atoms in total. The number of carbonyl (C=O) groups is 1. The van der Waals surface area contributed by atoms with Crippen molar-refractivity contribution in [2.24, 2.45) is 0 Å². The highest BCUT2D eigenvalue weighted by Crippen LogP contribution is 2.33. The van der Waals surface area contributed by atoms with E-state index in [1.807, 2.05) is 23.9 Å². The molecule has 0 spiro atoms. The second kappa shape index (κ2) is 5.61. The Morgan fingerprint density at radius 1 is 1.55 bits per heavy atom. The number of nitrogens with two attached hydrogens (primary N) is 1. The summed E-state index contributed by atoms with van der Waals surface area (Å²) in [5, 5.41) is 4.53. The van der Waals surface area contributed by atoms with E-state index in [1.165, 1.54) is 24.2 Å². The second-order valence-electron chi connectivity index (χ2n) is 4.99. The maximum absolute atomic E-state index is 12.4. The van der Waals surface area contributed by atoms with Crippen molar-refractivity contribution < 1.29 is 4.79 Å². The van der Waals surface area contributed by atoms with Gasteiger partial charge in [0, 0.05) is 22.9 Å². The number of hydrogen-bond acceptors (Lipinski definition) is 5. The van der Waals surface area contributed by atoms with Crippen LogP contribution in [0.1, 0.15) is 28.9 Å². The fourth-order valence-electron chi connectivity index (χ4n) is 2.73. The molecule has 20 heavy (non-hydrogen) atoms. The van der Waals surface area contributed by atoms with E-state index >= 15 is 0 Å². The highest BCUT2D eigenvalue weighted by Gasteiger charge is 2.29. The Balaban J connectivity index is 1.84. The quantitative estimate of drug-likeness (QED) is 0.915. The Bertz CT molecular complexity index is 640. The first kappa shape index (κ1) is 13.7. The Hall–Kier alpha value is -1.27. The fourth-order valence-corrected chi connectivity index (χ4v) is 4.63. The lowest BCUT2D eigenvalue weighted by Gasteiger charge is -2.18. The number of thiophene rings is 1. The predicted octanol–water partition coefficient (Wildman–Crippen LogP) is 2.89. The number of hydrogen-bond donors (Lipinski definition) is 2. The lowest BCUT2D eigenvalue weighted by Crippen LogP contribution is -2.38. The van der Waals surface area contributed by atoms with E-state index in [1.54, 1.807) is 6.20 Å². The van der Waals surface area contributed by atoms with Crippen molar-refractivity contribution in [3.8, 4) is 0 Å². The van der Waals surface area contributed by atoms with E-state index in [0.717, 1.165) is 16.6 Å². The van der Waals surface area contributed by atoms with Crippen LogP contribution in [-0.2, 0) is 0 Å². The standard InChI is InChI=1S/C14H17N3OS2/c1-19-10-6-2-5-9(10)17-13(18)12-11(15)8-4-3-7-16-14(8)20-12/h3-4,7,9-10H,2,5-6,15H2,1H3,(H,17,18). The highest BCUT2D eigenvalue weighted by atomic mass is 32.2. The predicted molar refractivity (Wildman–Crippen MR) is 86.4 cm³/mol. The normalized spacial score (nSPS) is 22.2. The maximum atomic E-state index is 12.4. The molecule has 2 heterocycles. The van der Waals surface area contributed by atoms with Gasteiger partial charge in [0.15, 0.2) is 0 Å². The molecule has 106 valence electrons. The highest BCUT2D eigenvalue weighted by molar-refractivity contribution is 7.99. The lowest BCUT2D eigenvalue weighted by molar-refractivity contribution is 0.0943. The molecule has 1 fully saturated rings. The van der Waals surface area contributed by atoms with Crippen LogP contribution in [0.2, 0.25) is 0 Å². The molecule has 3 rings (SSSR count). The molecular weight excluding hydrogens is 290 g/mol. The average Bonchev–Trinajstić information content (AvgIpc) is 3.04. The van der Waals surface area contributed by atoms with Crippen LogP contribution in [0.4, 0.5) is 5.69 Å². The topological polar surface area (TPSA) is 68.0 Å². The van der Waals surface area contributed by atoms with Crippen LogP contribution in [-0.4, -0.2) is 28.4 Å². The van der Waals surface area contributed by atoms with Crippen molar-refractivity contribution in [1.82, 2.24) is 10.3 Å². The Morgan fingerprint density at radius 2 is 2.40 bits per heavy atom. The molecule has 0 saturated heterocycles. The van der Waals surface area contributed by atoms with Gasteiger partial charge in [-0.3, -0.25) is 4.79 Å². The van der Waals surface area contributed by atoms with Gasteiger partial charge in [-0.1, -0.05) is 6.42 Å². The van der Waals surface area contributed by atoms with Crippen LogP contribution in [0.3, 0.4) is 0 Å². The number of nitrogens with zero attached hydrogens (tertiary/aromatic N) is 1. The minimum atomic E-state index is -0.0588. The van der Waals surface area contributed by atoms with E-state index in [2.05, 4.69) is 16.6 Å². The Labute approximate surface area is 126 Å². The molecular formula is C14H17N3OS2. The van der Waals surface area contributed by atoms with Gasteiger partial charge < -0.3 is 11.1 Å². The summed E-state index contributed by atoms with van der Waals surface area (Å²) >= 11 is 3.20. The van der Waals surface area contributed by atoms with Gasteiger partial charge in [0.2, 0.25) is 0 Å². The van der Waals surface area contributed by atoms with Gasteiger partial charge in [-0.25, -0.2) is 4.98 Å². The third-order valence-electron chi connectivity index (χ3n) is 3.78. The van der Waals surface area contributed by atoms with Crippen LogP contribution in [0.25, 0.3) is 10.2 Å². The van der Waals surface area contributed by atoms with Gasteiger partial charge in [-0.15, -0.1) is 11.3 Å². The van der Waals surface area contributed by atoms with E-state index in [9.17, 15) is 4.79 Å². The minimum absolute atomic E-state index is 0.0588. The maximum Gasteiger partial charge on any atom is 0.263 e. The number of nitrogens with one attached hydrogen (secondary N) is 1. The van der Waals surface area contributed by atoms with Gasteiger partial charge in [0.05, 0.1) is 5.69 Å². The van der Waals surface area contributed by atoms with E-state index in [0.29, 0.717) is 15.8 Å². The Morgan fingerprint density at radius 3 is 3.15 bits per heavy atom. The van der Waals surface area contributed by atoms with E-state index in [-0.39, 0.29) is 11.9 Å². The molecule has 2 unspecified atom stereocenters. The van der Waals surface area contributed by atoms with Crippen LogP contribution in [0.5, 0.6) is 0 Å². The second-order valence-corrected chi connectivity index (χ2v) is 7.06. The molecule has 0 radical (unpaired) electrons. The molecule has 2 atom stereocenters. The number of fused-ring (bicyclic) bond motifs is 1. The minimum Gasteiger partial charge on any atom is -0.397 e. The molecule has 1 amide bonds. The summed E-state index contributed by atoms with van der Waals surface area (Å²) in [6.07, 6.45) is 7.24. The number of amides is 1. The van der Waals surface area contributed by atoms with Crippen molar-refractivity contribution in [3.63, 3.8) is 0 Å². The number of nitrogen functional groups attached to an aromatic ring is 1. The molecule has 0 bridgehead atoms. The first-order valence-electron chi connectivity index (χ1n) is 6.67. The molecule has 1 aliphatic rings.